The molecule has 8 heteroatoms. The summed E-state index contributed by atoms with van der Waals surface area (Å²) >= 11 is 1.73. The van der Waals surface area contributed by atoms with Crippen molar-refractivity contribution in [1.82, 2.24) is 15.5 Å². The molecule has 6 nitrogen and oxygen atoms in total. The highest BCUT2D eigenvalue weighted by Crippen LogP contribution is 2.15. The molecule has 1 aromatic heterocycles. The maximum Gasteiger partial charge on any atom is 0.229 e. The zero-order valence-electron chi connectivity index (χ0n) is 14.1. The highest BCUT2D eigenvalue weighted by atomic mass is 127. The average molecular weight is 464 g/mol. The van der Waals surface area contributed by atoms with Gasteiger partial charge >= 0.3 is 0 Å². The molecule has 1 aromatic rings. The Kier molecular flexibility index (Phi) is 9.27. The van der Waals surface area contributed by atoms with Crippen LogP contribution in [0.2, 0.25) is 0 Å². The molecule has 1 saturated heterocycles. The summed E-state index contributed by atoms with van der Waals surface area (Å²) in [6, 6.07) is 4.17. The Morgan fingerprint density at radius 2 is 1.96 bits per heavy atom. The summed E-state index contributed by atoms with van der Waals surface area (Å²) in [5, 5.41) is 6.36. The van der Waals surface area contributed by atoms with Crippen LogP contribution in [0.5, 0.6) is 0 Å². The molecule has 0 aromatic carbocycles. The maximum absolute atomic E-state index is 11.8. The van der Waals surface area contributed by atoms with E-state index in [-0.39, 0.29) is 35.8 Å². The minimum atomic E-state index is -0.0703. The molecule has 0 aliphatic carbocycles. The predicted octanol–water partition coefficient (Wildman–Crippen LogP) is 2.27. The van der Waals surface area contributed by atoms with Crippen molar-refractivity contribution in [2.45, 2.75) is 39.7 Å². The van der Waals surface area contributed by atoms with Gasteiger partial charge in [0, 0.05) is 42.2 Å². The first kappa shape index (κ1) is 20.9. The molecule has 0 saturated carbocycles. The molecule has 1 aliphatic heterocycles. The topological polar surface area (TPSA) is 73.8 Å². The quantitative estimate of drug-likeness (QED) is 0.293. The summed E-state index contributed by atoms with van der Waals surface area (Å²) in [5.74, 6) is 0.563. The van der Waals surface area contributed by atoms with Gasteiger partial charge in [-0.2, -0.15) is 0 Å². The number of hydrogen-bond acceptors (Lipinski definition) is 4. The molecule has 134 valence electrons. The van der Waals surface area contributed by atoms with Gasteiger partial charge in [0.15, 0.2) is 5.96 Å². The Bertz CT molecular complexity index is 572. The molecular formula is C16H25IN4O2S. The summed E-state index contributed by atoms with van der Waals surface area (Å²) in [6.07, 6.45) is 1.61. The van der Waals surface area contributed by atoms with E-state index in [4.69, 9.17) is 0 Å². The highest BCUT2D eigenvalue weighted by molar-refractivity contribution is 14.0. The fourth-order valence-corrected chi connectivity index (χ4v) is 3.22. The fourth-order valence-electron chi connectivity index (χ4n) is 2.40. The number of likely N-dealkylation sites (tertiary alicyclic amines) is 1. The number of guanidine groups is 1. The third kappa shape index (κ3) is 6.39. The number of hydrogen-bond donors (Lipinski definition) is 2. The Morgan fingerprint density at radius 3 is 2.54 bits per heavy atom. The Balaban J connectivity index is 0.00000288. The summed E-state index contributed by atoms with van der Waals surface area (Å²) < 4.78 is 0. The third-order valence-corrected chi connectivity index (χ3v) is 4.53. The molecule has 0 spiro atoms. The van der Waals surface area contributed by atoms with E-state index in [1.165, 1.54) is 14.7 Å². The van der Waals surface area contributed by atoms with Gasteiger partial charge in [-0.15, -0.1) is 35.3 Å². The minimum Gasteiger partial charge on any atom is -0.357 e. The summed E-state index contributed by atoms with van der Waals surface area (Å²) in [5.41, 5.74) is 0. The minimum absolute atomic E-state index is 0. The van der Waals surface area contributed by atoms with Crippen molar-refractivity contribution in [2.24, 2.45) is 4.99 Å². The molecule has 2 amide bonds. The van der Waals surface area contributed by atoms with Crippen LogP contribution < -0.4 is 10.6 Å². The lowest BCUT2D eigenvalue weighted by Gasteiger charge is -2.25. The van der Waals surface area contributed by atoms with Crippen molar-refractivity contribution >= 4 is 53.1 Å². The summed E-state index contributed by atoms with van der Waals surface area (Å²) in [6.45, 7) is 6.36. The van der Waals surface area contributed by atoms with Gasteiger partial charge < -0.3 is 10.6 Å². The zero-order chi connectivity index (χ0) is 16.7. The molecule has 0 unspecified atom stereocenters. The second-order valence-corrected chi connectivity index (χ2v) is 6.80. The number of rotatable bonds is 6. The van der Waals surface area contributed by atoms with Crippen molar-refractivity contribution in [3.05, 3.63) is 21.9 Å². The van der Waals surface area contributed by atoms with Crippen LogP contribution in [0.3, 0.4) is 0 Å². The van der Waals surface area contributed by atoms with Gasteiger partial charge in [-0.05, 0) is 32.4 Å². The van der Waals surface area contributed by atoms with E-state index in [9.17, 15) is 9.59 Å². The van der Waals surface area contributed by atoms with Crippen molar-refractivity contribution in [1.29, 1.82) is 0 Å². The molecule has 2 rings (SSSR count). The largest absolute Gasteiger partial charge is 0.357 e. The van der Waals surface area contributed by atoms with E-state index in [1.807, 2.05) is 6.92 Å². The molecular weight excluding hydrogens is 439 g/mol. The van der Waals surface area contributed by atoms with Crippen molar-refractivity contribution in [2.75, 3.05) is 19.6 Å². The number of amides is 2. The number of aliphatic imine (C=N–C) groups is 1. The second-order valence-electron chi connectivity index (χ2n) is 5.43. The van der Waals surface area contributed by atoms with Crippen LogP contribution in [0.15, 0.2) is 17.1 Å². The van der Waals surface area contributed by atoms with Gasteiger partial charge in [0.1, 0.15) is 0 Å². The lowest BCUT2D eigenvalue weighted by atomic mass is 10.1. The first-order valence-electron chi connectivity index (χ1n) is 8.01. The van der Waals surface area contributed by atoms with E-state index in [0.717, 1.165) is 6.54 Å². The Hall–Kier alpha value is -1.16. The lowest BCUT2D eigenvalue weighted by Crippen LogP contribution is -2.46. The van der Waals surface area contributed by atoms with E-state index in [2.05, 4.69) is 34.7 Å². The highest BCUT2D eigenvalue weighted by Gasteiger charge is 2.25. The smallest absolute Gasteiger partial charge is 0.229 e. The number of halogens is 1. The summed E-state index contributed by atoms with van der Waals surface area (Å²) in [7, 11) is 0. The number of carbonyl (C=O) groups is 2. The molecule has 2 N–H and O–H groups in total. The number of carbonyl (C=O) groups excluding carboxylic acids is 2. The van der Waals surface area contributed by atoms with E-state index in [0.29, 0.717) is 44.9 Å². The van der Waals surface area contributed by atoms with Crippen LogP contribution in [0.1, 0.15) is 35.9 Å². The van der Waals surface area contributed by atoms with E-state index in [1.54, 1.807) is 11.3 Å². The molecule has 1 fully saturated rings. The number of thiophene rings is 1. The van der Waals surface area contributed by atoms with Crippen molar-refractivity contribution in [3.63, 3.8) is 0 Å². The van der Waals surface area contributed by atoms with Gasteiger partial charge in [-0.25, -0.2) is 4.99 Å². The average Bonchev–Trinajstić information content (AvgIpc) is 2.93. The van der Waals surface area contributed by atoms with Gasteiger partial charge in [0.2, 0.25) is 11.8 Å². The van der Waals surface area contributed by atoms with Crippen LogP contribution in [0.25, 0.3) is 0 Å². The Morgan fingerprint density at radius 1 is 1.25 bits per heavy atom. The van der Waals surface area contributed by atoms with Crippen LogP contribution >= 0.6 is 35.3 Å². The van der Waals surface area contributed by atoms with Crippen LogP contribution in [-0.4, -0.2) is 42.3 Å². The normalized spacial score (nSPS) is 15.2. The van der Waals surface area contributed by atoms with Crippen LogP contribution in [0.4, 0.5) is 0 Å². The zero-order valence-corrected chi connectivity index (χ0v) is 17.3. The van der Waals surface area contributed by atoms with Gasteiger partial charge in [0.05, 0.1) is 6.54 Å². The Labute approximate surface area is 164 Å². The molecule has 0 radical (unpaired) electrons. The number of aryl methyl sites for hydroxylation is 1. The number of piperidine rings is 1. The standard InChI is InChI=1S/C16H24N4O2S.HI/c1-3-17-16(19-11-13-8-7-12(2)23-13)18-9-10-20-14(21)5-4-6-15(20)22;/h7-8H,3-6,9-11H2,1-2H3,(H2,17,18,19);1H. The van der Waals surface area contributed by atoms with E-state index >= 15 is 0 Å². The number of nitrogens with zero attached hydrogens (tertiary/aromatic N) is 2. The predicted molar refractivity (Wildman–Crippen MR) is 108 cm³/mol. The van der Waals surface area contributed by atoms with Gasteiger partial charge in [-0.1, -0.05) is 0 Å². The maximum atomic E-state index is 11.8. The van der Waals surface area contributed by atoms with Crippen LogP contribution in [0, 0.1) is 6.92 Å². The lowest BCUT2D eigenvalue weighted by molar-refractivity contribution is -0.147. The summed E-state index contributed by atoms with van der Waals surface area (Å²) in [4.78, 5) is 31.9. The first-order valence-corrected chi connectivity index (χ1v) is 8.82. The van der Waals surface area contributed by atoms with Gasteiger partial charge in [0.25, 0.3) is 0 Å². The first-order chi connectivity index (χ1) is 11.1. The fraction of sp³-hybridized carbons (Fsp3) is 0.562. The van der Waals surface area contributed by atoms with Crippen LogP contribution in [-0.2, 0) is 16.1 Å². The van der Waals surface area contributed by atoms with Gasteiger partial charge in [-0.3, -0.25) is 14.5 Å². The molecule has 2 heterocycles. The number of nitrogens with one attached hydrogen (secondary N) is 2. The third-order valence-electron chi connectivity index (χ3n) is 3.54. The van der Waals surface area contributed by atoms with Crippen molar-refractivity contribution in [3.8, 4) is 0 Å². The molecule has 24 heavy (non-hydrogen) atoms. The molecule has 0 bridgehead atoms. The SMILES string of the molecule is CCNC(=NCc1ccc(C)s1)NCCN1C(=O)CCCC1=O.I. The molecule has 0 atom stereocenters. The van der Waals surface area contributed by atoms with E-state index < -0.39 is 0 Å². The van der Waals surface area contributed by atoms with Crippen molar-refractivity contribution < 1.29 is 9.59 Å². The second kappa shape index (κ2) is 10.7. The number of imide groups is 1. The monoisotopic (exact) mass is 464 g/mol. The molecule has 1 aliphatic rings.